The Morgan fingerprint density at radius 1 is 1.04 bits per heavy atom. The molecular formula is C19H14N2O2. The first kappa shape index (κ1) is 13.5. The van der Waals surface area contributed by atoms with Crippen LogP contribution in [0.2, 0.25) is 0 Å². The van der Waals surface area contributed by atoms with Crippen LogP contribution < -0.4 is 5.32 Å². The van der Waals surface area contributed by atoms with Crippen molar-refractivity contribution in [2.24, 2.45) is 0 Å². The number of benzene rings is 2. The lowest BCUT2D eigenvalue weighted by Gasteiger charge is -2.26. The number of Topliss-reactive ketones (excluding diaryl/α,β-unsaturated/α-hetero) is 1. The molecule has 1 unspecified atom stereocenters. The fraction of sp³-hybridized carbons (Fsp3) is 0.0526. The zero-order chi connectivity index (χ0) is 15.6. The van der Waals surface area contributed by atoms with E-state index >= 15 is 0 Å². The van der Waals surface area contributed by atoms with Crippen LogP contribution in [0.5, 0.6) is 0 Å². The summed E-state index contributed by atoms with van der Waals surface area (Å²) >= 11 is 0. The minimum absolute atomic E-state index is 0.00796. The summed E-state index contributed by atoms with van der Waals surface area (Å²) in [5.41, 5.74) is 3.05. The van der Waals surface area contributed by atoms with E-state index < -0.39 is 6.04 Å². The molecule has 0 amide bonds. The van der Waals surface area contributed by atoms with Gasteiger partial charge in [0.25, 0.3) is 0 Å². The van der Waals surface area contributed by atoms with Crippen molar-refractivity contribution in [3.8, 4) is 0 Å². The molecule has 4 nitrogen and oxygen atoms in total. The fourth-order valence-electron chi connectivity index (χ4n) is 2.78. The van der Waals surface area contributed by atoms with Crippen LogP contribution in [-0.2, 0) is 0 Å². The maximum absolute atomic E-state index is 12.9. The van der Waals surface area contributed by atoms with Crippen molar-refractivity contribution in [3.05, 3.63) is 89.6 Å². The summed E-state index contributed by atoms with van der Waals surface area (Å²) in [5, 5.41) is 3.35. The summed E-state index contributed by atoms with van der Waals surface area (Å²) < 4.78 is 5.44. The highest BCUT2D eigenvalue weighted by molar-refractivity contribution is 6.17. The Morgan fingerprint density at radius 2 is 1.83 bits per heavy atom. The molecule has 1 aromatic heterocycles. The minimum Gasteiger partial charge on any atom is -0.446 e. The van der Waals surface area contributed by atoms with Crippen molar-refractivity contribution in [2.45, 2.75) is 6.04 Å². The third-order valence-electron chi connectivity index (χ3n) is 3.86. The molecule has 1 N–H and O–H groups in total. The van der Waals surface area contributed by atoms with Gasteiger partial charge in [0.2, 0.25) is 5.89 Å². The zero-order valence-electron chi connectivity index (χ0n) is 12.3. The van der Waals surface area contributed by atoms with Crippen LogP contribution in [-0.4, -0.2) is 10.8 Å². The first-order chi connectivity index (χ1) is 11.3. The number of fused-ring (bicyclic) bond motifs is 1. The normalized spacial score (nSPS) is 18.5. The predicted octanol–water partition coefficient (Wildman–Crippen LogP) is 4.11. The standard InChI is InChI=1S/C19H14N2O2/c22-18-14-8-4-5-9-16(14)21-17(19-20-10-11-23-19)15(18)12-13-6-2-1-3-7-13/h1-12,17,21H/b15-12-. The average Bonchev–Trinajstić information content (AvgIpc) is 3.13. The van der Waals surface area contributed by atoms with E-state index in [-0.39, 0.29) is 5.78 Å². The summed E-state index contributed by atoms with van der Waals surface area (Å²) in [5.74, 6) is 0.474. The molecule has 0 fully saturated rings. The second-order valence-electron chi connectivity index (χ2n) is 5.33. The van der Waals surface area contributed by atoms with Gasteiger partial charge >= 0.3 is 0 Å². The number of ketones is 1. The second kappa shape index (κ2) is 5.57. The highest BCUT2D eigenvalue weighted by Crippen LogP contribution is 2.36. The van der Waals surface area contributed by atoms with Gasteiger partial charge in [-0.05, 0) is 23.8 Å². The lowest BCUT2D eigenvalue weighted by molar-refractivity contribution is 0.102. The van der Waals surface area contributed by atoms with Gasteiger partial charge in [0.05, 0.1) is 6.20 Å². The summed E-state index contributed by atoms with van der Waals surface area (Å²) in [4.78, 5) is 17.2. The Morgan fingerprint density at radius 3 is 2.61 bits per heavy atom. The van der Waals surface area contributed by atoms with Crippen LogP contribution in [0.15, 0.2) is 77.0 Å². The van der Waals surface area contributed by atoms with E-state index in [1.165, 1.54) is 6.26 Å². The number of nitrogens with zero attached hydrogens (tertiary/aromatic N) is 1. The summed E-state index contributed by atoms with van der Waals surface area (Å²) in [6.07, 6.45) is 4.99. The lowest BCUT2D eigenvalue weighted by atomic mass is 9.90. The molecule has 3 aromatic rings. The molecule has 0 aliphatic carbocycles. The van der Waals surface area contributed by atoms with Gasteiger partial charge < -0.3 is 9.73 Å². The maximum atomic E-state index is 12.9. The maximum Gasteiger partial charge on any atom is 0.221 e. The average molecular weight is 302 g/mol. The monoisotopic (exact) mass is 302 g/mol. The lowest BCUT2D eigenvalue weighted by Crippen LogP contribution is -2.26. The Labute approximate surface area is 133 Å². The van der Waals surface area contributed by atoms with Crippen LogP contribution in [0.25, 0.3) is 6.08 Å². The number of aromatic nitrogens is 1. The Balaban J connectivity index is 1.86. The van der Waals surface area contributed by atoms with E-state index in [4.69, 9.17) is 4.42 Å². The second-order valence-corrected chi connectivity index (χ2v) is 5.33. The third-order valence-corrected chi connectivity index (χ3v) is 3.86. The SMILES string of the molecule is O=C1/C(=C\c2ccccc2)C(c2ncco2)Nc2ccccc21. The van der Waals surface area contributed by atoms with E-state index in [1.54, 1.807) is 6.20 Å². The van der Waals surface area contributed by atoms with Gasteiger partial charge in [-0.1, -0.05) is 42.5 Å². The van der Waals surface area contributed by atoms with Gasteiger partial charge in [0.15, 0.2) is 5.78 Å². The molecule has 2 heterocycles. The molecule has 112 valence electrons. The smallest absolute Gasteiger partial charge is 0.221 e. The van der Waals surface area contributed by atoms with Gasteiger partial charge in [-0.15, -0.1) is 0 Å². The number of nitrogens with one attached hydrogen (secondary N) is 1. The van der Waals surface area contributed by atoms with Crippen molar-refractivity contribution in [2.75, 3.05) is 5.32 Å². The van der Waals surface area contributed by atoms with Gasteiger partial charge in [0.1, 0.15) is 12.3 Å². The van der Waals surface area contributed by atoms with Crippen LogP contribution >= 0.6 is 0 Å². The first-order valence-corrected chi connectivity index (χ1v) is 7.39. The third kappa shape index (κ3) is 2.44. The van der Waals surface area contributed by atoms with Crippen LogP contribution in [0.3, 0.4) is 0 Å². The highest BCUT2D eigenvalue weighted by atomic mass is 16.3. The molecule has 1 aliphatic heterocycles. The largest absolute Gasteiger partial charge is 0.446 e. The van der Waals surface area contributed by atoms with Crippen LogP contribution in [0.4, 0.5) is 5.69 Å². The number of hydrogen-bond donors (Lipinski definition) is 1. The number of rotatable bonds is 2. The van der Waals surface area contributed by atoms with E-state index in [1.807, 2.05) is 60.7 Å². The van der Waals surface area contributed by atoms with Crippen molar-refractivity contribution in [3.63, 3.8) is 0 Å². The van der Waals surface area contributed by atoms with Crippen LogP contribution in [0.1, 0.15) is 27.9 Å². The van der Waals surface area contributed by atoms with E-state index in [2.05, 4.69) is 10.3 Å². The molecule has 0 spiro atoms. The molecule has 0 radical (unpaired) electrons. The van der Waals surface area contributed by atoms with Crippen LogP contribution in [0, 0.1) is 0 Å². The number of anilines is 1. The van der Waals surface area contributed by atoms with Crippen molar-refractivity contribution in [1.29, 1.82) is 0 Å². The van der Waals surface area contributed by atoms with Crippen molar-refractivity contribution < 1.29 is 9.21 Å². The topological polar surface area (TPSA) is 55.1 Å². The molecule has 0 bridgehead atoms. The summed E-state index contributed by atoms with van der Waals surface area (Å²) in [7, 11) is 0. The molecular weight excluding hydrogens is 288 g/mol. The number of oxazole rings is 1. The first-order valence-electron chi connectivity index (χ1n) is 7.39. The molecule has 23 heavy (non-hydrogen) atoms. The Bertz CT molecular complexity index is 867. The Hall–Kier alpha value is -3.14. The molecule has 4 heteroatoms. The predicted molar refractivity (Wildman–Crippen MR) is 88.1 cm³/mol. The van der Waals surface area contributed by atoms with E-state index in [9.17, 15) is 4.79 Å². The summed E-state index contributed by atoms with van der Waals surface area (Å²) in [6, 6.07) is 16.9. The number of para-hydroxylation sites is 1. The van der Waals surface area contributed by atoms with Gasteiger partial charge in [-0.2, -0.15) is 0 Å². The minimum atomic E-state index is -0.396. The van der Waals surface area contributed by atoms with E-state index in [0.29, 0.717) is 17.0 Å². The highest BCUT2D eigenvalue weighted by Gasteiger charge is 2.33. The molecule has 0 saturated carbocycles. The quantitative estimate of drug-likeness (QED) is 0.724. The van der Waals surface area contributed by atoms with Gasteiger partial charge in [-0.3, -0.25) is 4.79 Å². The Kier molecular flexibility index (Phi) is 3.27. The number of carbonyl (C=O) groups excluding carboxylic acids is 1. The summed E-state index contributed by atoms with van der Waals surface area (Å²) in [6.45, 7) is 0. The molecule has 1 atom stereocenters. The molecule has 4 rings (SSSR count). The van der Waals surface area contributed by atoms with Crippen molar-refractivity contribution in [1.82, 2.24) is 4.98 Å². The molecule has 2 aromatic carbocycles. The zero-order valence-corrected chi connectivity index (χ0v) is 12.3. The van der Waals surface area contributed by atoms with Gasteiger partial charge in [0, 0.05) is 16.8 Å². The number of hydrogen-bond acceptors (Lipinski definition) is 4. The molecule has 0 saturated heterocycles. The number of carbonyl (C=O) groups is 1. The fourth-order valence-corrected chi connectivity index (χ4v) is 2.78. The van der Waals surface area contributed by atoms with Crippen molar-refractivity contribution >= 4 is 17.5 Å². The molecule has 1 aliphatic rings. The van der Waals surface area contributed by atoms with E-state index in [0.717, 1.165) is 11.3 Å². The van der Waals surface area contributed by atoms with Gasteiger partial charge in [-0.25, -0.2) is 4.98 Å².